The van der Waals surface area contributed by atoms with E-state index in [2.05, 4.69) is 20.9 Å². The highest BCUT2D eigenvalue weighted by atomic mass is 79.9. The van der Waals surface area contributed by atoms with E-state index in [0.29, 0.717) is 12.2 Å². The summed E-state index contributed by atoms with van der Waals surface area (Å²) in [6.45, 7) is 2.16. The summed E-state index contributed by atoms with van der Waals surface area (Å²) < 4.78 is 5.94. The summed E-state index contributed by atoms with van der Waals surface area (Å²) in [6, 6.07) is 14.9. The second kappa shape index (κ2) is 7.01. The number of halogens is 1. The van der Waals surface area contributed by atoms with Gasteiger partial charge in [-0.15, -0.1) is 0 Å². The first-order chi connectivity index (χ1) is 9.69. The molecule has 0 saturated carbocycles. The van der Waals surface area contributed by atoms with Crippen LogP contribution >= 0.6 is 15.9 Å². The topological polar surface area (TPSA) is 38.7 Å². The van der Waals surface area contributed by atoms with Crippen molar-refractivity contribution >= 4 is 33.8 Å². The molecule has 0 saturated heterocycles. The van der Waals surface area contributed by atoms with E-state index in [1.807, 2.05) is 24.3 Å². The van der Waals surface area contributed by atoms with Gasteiger partial charge in [-0.1, -0.05) is 28.1 Å². The monoisotopic (exact) mass is 331 g/mol. The number of carbonyl (C=O) groups excluding carboxylic acids is 1. The molecule has 0 aromatic heterocycles. The van der Waals surface area contributed by atoms with Gasteiger partial charge in [-0.3, -0.25) is 4.99 Å². The molecule has 0 heterocycles. The summed E-state index contributed by atoms with van der Waals surface area (Å²) >= 11 is 3.42. The van der Waals surface area contributed by atoms with E-state index in [1.54, 1.807) is 37.4 Å². The molecular formula is C16H14BrNO2. The van der Waals surface area contributed by atoms with Crippen LogP contribution in [0.5, 0.6) is 0 Å². The van der Waals surface area contributed by atoms with Crippen molar-refractivity contribution in [1.29, 1.82) is 0 Å². The number of rotatable bonds is 4. The van der Waals surface area contributed by atoms with Gasteiger partial charge in [-0.25, -0.2) is 4.79 Å². The minimum atomic E-state index is -0.310. The zero-order chi connectivity index (χ0) is 14.4. The number of carbonyl (C=O) groups is 1. The molecule has 0 bridgehead atoms. The second-order valence-electron chi connectivity index (χ2n) is 4.08. The number of hydrogen-bond donors (Lipinski definition) is 0. The summed E-state index contributed by atoms with van der Waals surface area (Å²) in [7, 11) is 0. The van der Waals surface area contributed by atoms with Gasteiger partial charge in [0.05, 0.1) is 17.9 Å². The van der Waals surface area contributed by atoms with Crippen LogP contribution in [0.15, 0.2) is 58.0 Å². The molecule has 0 aliphatic rings. The molecule has 2 aromatic rings. The Kier molecular flexibility index (Phi) is 5.07. The Hall–Kier alpha value is -1.94. The first-order valence-electron chi connectivity index (χ1n) is 6.26. The normalized spacial score (nSPS) is 10.7. The smallest absolute Gasteiger partial charge is 0.338 e. The van der Waals surface area contributed by atoms with Gasteiger partial charge in [0.15, 0.2) is 0 Å². The molecular weight excluding hydrogens is 318 g/mol. The molecule has 3 nitrogen and oxygen atoms in total. The molecule has 0 radical (unpaired) electrons. The fourth-order valence-electron chi connectivity index (χ4n) is 1.63. The molecule has 0 unspecified atom stereocenters. The number of aliphatic imine (C=N–C) groups is 1. The van der Waals surface area contributed by atoms with Crippen LogP contribution in [0.1, 0.15) is 22.8 Å². The Labute approximate surface area is 126 Å². The third-order valence-corrected chi connectivity index (χ3v) is 3.08. The van der Waals surface area contributed by atoms with Crippen LogP contribution in [0.3, 0.4) is 0 Å². The molecule has 4 heteroatoms. The minimum absolute atomic E-state index is 0.310. The number of esters is 1. The Balaban J connectivity index is 2.09. The van der Waals surface area contributed by atoms with E-state index < -0.39 is 0 Å². The summed E-state index contributed by atoms with van der Waals surface area (Å²) in [6.07, 6.45) is 1.78. The van der Waals surface area contributed by atoms with Gasteiger partial charge in [0.1, 0.15) is 0 Å². The van der Waals surface area contributed by atoms with Gasteiger partial charge in [-0.2, -0.15) is 0 Å². The van der Waals surface area contributed by atoms with Crippen LogP contribution in [0.4, 0.5) is 5.69 Å². The van der Waals surface area contributed by atoms with Gasteiger partial charge in [0.25, 0.3) is 0 Å². The van der Waals surface area contributed by atoms with Crippen LogP contribution in [0.2, 0.25) is 0 Å². The molecule has 0 aliphatic carbocycles. The highest BCUT2D eigenvalue weighted by Crippen LogP contribution is 2.15. The maximum Gasteiger partial charge on any atom is 0.338 e. The molecule has 0 fully saturated rings. The molecule has 2 rings (SSSR count). The van der Waals surface area contributed by atoms with Gasteiger partial charge in [-0.05, 0) is 48.9 Å². The fraction of sp³-hybridized carbons (Fsp3) is 0.125. The summed E-state index contributed by atoms with van der Waals surface area (Å²) in [5.41, 5.74) is 2.33. The lowest BCUT2D eigenvalue weighted by molar-refractivity contribution is 0.0526. The standard InChI is InChI=1S/C16H14BrNO2/c1-2-20-16(19)13-6-8-15(9-7-13)18-11-12-4-3-5-14(17)10-12/h3-11H,2H2,1H3. The Morgan fingerprint density at radius 2 is 2.00 bits per heavy atom. The second-order valence-corrected chi connectivity index (χ2v) is 5.00. The molecule has 0 atom stereocenters. The van der Waals surface area contributed by atoms with Crippen molar-refractivity contribution in [1.82, 2.24) is 0 Å². The quantitative estimate of drug-likeness (QED) is 0.616. The summed E-state index contributed by atoms with van der Waals surface area (Å²) in [5, 5.41) is 0. The van der Waals surface area contributed by atoms with Crippen LogP contribution in [-0.4, -0.2) is 18.8 Å². The largest absolute Gasteiger partial charge is 0.462 e. The van der Waals surface area contributed by atoms with Crippen LogP contribution in [0, 0.1) is 0 Å². The minimum Gasteiger partial charge on any atom is -0.462 e. The van der Waals surface area contributed by atoms with Crippen molar-refractivity contribution in [3.8, 4) is 0 Å². The maximum absolute atomic E-state index is 11.5. The summed E-state index contributed by atoms with van der Waals surface area (Å²) in [4.78, 5) is 15.9. The molecule has 102 valence electrons. The SMILES string of the molecule is CCOC(=O)c1ccc(N=Cc2cccc(Br)c2)cc1. The molecule has 2 aromatic carbocycles. The lowest BCUT2D eigenvalue weighted by Crippen LogP contribution is -2.03. The molecule has 0 aliphatic heterocycles. The predicted octanol–water partition coefficient (Wildman–Crippen LogP) is 4.38. The number of benzene rings is 2. The van der Waals surface area contributed by atoms with Crippen molar-refractivity contribution in [2.24, 2.45) is 4.99 Å². The van der Waals surface area contributed by atoms with Gasteiger partial charge >= 0.3 is 5.97 Å². The zero-order valence-corrected chi connectivity index (χ0v) is 12.6. The van der Waals surface area contributed by atoms with Gasteiger partial charge < -0.3 is 4.74 Å². The zero-order valence-electron chi connectivity index (χ0n) is 11.0. The van der Waals surface area contributed by atoms with E-state index in [9.17, 15) is 4.79 Å². The molecule has 0 amide bonds. The van der Waals surface area contributed by atoms with E-state index in [0.717, 1.165) is 15.7 Å². The van der Waals surface area contributed by atoms with Crippen LogP contribution in [-0.2, 0) is 4.74 Å². The van der Waals surface area contributed by atoms with Crippen molar-refractivity contribution < 1.29 is 9.53 Å². The highest BCUT2D eigenvalue weighted by molar-refractivity contribution is 9.10. The lowest BCUT2D eigenvalue weighted by Gasteiger charge is -2.01. The third-order valence-electron chi connectivity index (χ3n) is 2.59. The Morgan fingerprint density at radius 1 is 1.25 bits per heavy atom. The van der Waals surface area contributed by atoms with Crippen molar-refractivity contribution in [3.05, 3.63) is 64.1 Å². The Morgan fingerprint density at radius 3 is 2.65 bits per heavy atom. The lowest BCUT2D eigenvalue weighted by atomic mass is 10.2. The van der Waals surface area contributed by atoms with Crippen LogP contribution < -0.4 is 0 Å². The number of ether oxygens (including phenoxy) is 1. The van der Waals surface area contributed by atoms with Crippen molar-refractivity contribution in [2.45, 2.75) is 6.92 Å². The van der Waals surface area contributed by atoms with Gasteiger partial charge in [0, 0.05) is 10.7 Å². The molecule has 20 heavy (non-hydrogen) atoms. The third kappa shape index (κ3) is 4.03. The van der Waals surface area contributed by atoms with Gasteiger partial charge in [0.2, 0.25) is 0 Å². The number of nitrogens with zero attached hydrogens (tertiary/aromatic N) is 1. The highest BCUT2D eigenvalue weighted by Gasteiger charge is 2.04. The number of hydrogen-bond acceptors (Lipinski definition) is 3. The van der Waals surface area contributed by atoms with Crippen molar-refractivity contribution in [2.75, 3.05) is 6.61 Å². The molecule has 0 N–H and O–H groups in total. The van der Waals surface area contributed by atoms with Crippen LogP contribution in [0.25, 0.3) is 0 Å². The average Bonchev–Trinajstić information content (AvgIpc) is 2.46. The van der Waals surface area contributed by atoms with E-state index in [4.69, 9.17) is 4.74 Å². The fourth-order valence-corrected chi connectivity index (χ4v) is 2.05. The van der Waals surface area contributed by atoms with E-state index >= 15 is 0 Å². The predicted molar refractivity (Wildman–Crippen MR) is 83.8 cm³/mol. The first-order valence-corrected chi connectivity index (χ1v) is 7.05. The van der Waals surface area contributed by atoms with Crippen molar-refractivity contribution in [3.63, 3.8) is 0 Å². The maximum atomic E-state index is 11.5. The Bertz CT molecular complexity index is 621. The summed E-state index contributed by atoms with van der Waals surface area (Å²) in [5.74, 6) is -0.310. The van der Waals surface area contributed by atoms with E-state index in [-0.39, 0.29) is 5.97 Å². The average molecular weight is 332 g/mol. The molecule has 0 spiro atoms. The first kappa shape index (κ1) is 14.5. The van der Waals surface area contributed by atoms with E-state index in [1.165, 1.54) is 0 Å².